The number of nitrogens with one attached hydrogen (secondary N) is 1. The first-order valence-electron chi connectivity index (χ1n) is 8.66. The second kappa shape index (κ2) is 8.40. The third-order valence-electron chi connectivity index (χ3n) is 4.36. The fraction of sp³-hybridized carbons (Fsp3) is 0.150. The SMILES string of the molecule is Cc1ccc(S(=O)(=O)[C@H](CNS(=O)(=O)c2ccc(F)cc2)c2cccnc2)cc1. The molecule has 3 aromatic rings. The van der Waals surface area contributed by atoms with Crippen molar-refractivity contribution < 1.29 is 21.2 Å². The first-order valence-corrected chi connectivity index (χ1v) is 11.7. The normalized spacial score (nSPS) is 13.2. The van der Waals surface area contributed by atoms with Crippen LogP contribution in [-0.2, 0) is 19.9 Å². The van der Waals surface area contributed by atoms with Crippen LogP contribution in [0.5, 0.6) is 0 Å². The Hall–Kier alpha value is -2.62. The first kappa shape index (κ1) is 21.1. The minimum atomic E-state index is -4.03. The van der Waals surface area contributed by atoms with Crippen LogP contribution in [0.4, 0.5) is 4.39 Å². The number of benzene rings is 2. The van der Waals surface area contributed by atoms with Gasteiger partial charge in [-0.3, -0.25) is 4.98 Å². The summed E-state index contributed by atoms with van der Waals surface area (Å²) in [5, 5.41) is -1.19. The zero-order valence-corrected chi connectivity index (χ0v) is 17.1. The largest absolute Gasteiger partial charge is 0.264 e. The van der Waals surface area contributed by atoms with Crippen LogP contribution < -0.4 is 4.72 Å². The monoisotopic (exact) mass is 434 g/mol. The van der Waals surface area contributed by atoms with Gasteiger partial charge in [-0.05, 0) is 55.0 Å². The van der Waals surface area contributed by atoms with Crippen molar-refractivity contribution >= 4 is 19.9 Å². The zero-order chi connectivity index (χ0) is 21.1. The Morgan fingerprint density at radius 3 is 2.14 bits per heavy atom. The molecule has 1 heterocycles. The maximum absolute atomic E-state index is 13.2. The Balaban J connectivity index is 1.95. The molecule has 0 saturated heterocycles. The second-order valence-electron chi connectivity index (χ2n) is 6.44. The van der Waals surface area contributed by atoms with Gasteiger partial charge in [0.1, 0.15) is 11.1 Å². The minimum absolute atomic E-state index is 0.0814. The van der Waals surface area contributed by atoms with E-state index in [0.717, 1.165) is 29.8 Å². The van der Waals surface area contributed by atoms with Gasteiger partial charge in [-0.25, -0.2) is 25.9 Å². The number of pyridine rings is 1. The molecule has 2 aromatic carbocycles. The number of hydrogen-bond donors (Lipinski definition) is 1. The molecule has 0 unspecified atom stereocenters. The number of rotatable bonds is 7. The van der Waals surface area contributed by atoms with Gasteiger partial charge in [0.25, 0.3) is 0 Å². The molecule has 0 fully saturated rings. The quantitative estimate of drug-likeness (QED) is 0.617. The van der Waals surface area contributed by atoms with Crippen molar-refractivity contribution in [3.63, 3.8) is 0 Å². The second-order valence-corrected chi connectivity index (χ2v) is 10.3. The van der Waals surface area contributed by atoms with E-state index in [4.69, 9.17) is 0 Å². The Labute approximate surface area is 169 Å². The summed E-state index contributed by atoms with van der Waals surface area (Å²) in [6.07, 6.45) is 2.89. The average molecular weight is 435 g/mol. The van der Waals surface area contributed by atoms with E-state index in [-0.39, 0.29) is 9.79 Å². The van der Waals surface area contributed by atoms with Gasteiger partial charge in [0.05, 0.1) is 9.79 Å². The summed E-state index contributed by atoms with van der Waals surface area (Å²) in [6, 6.07) is 13.8. The smallest absolute Gasteiger partial charge is 0.240 e. The summed E-state index contributed by atoms with van der Waals surface area (Å²) in [5.74, 6) is -0.570. The lowest BCUT2D eigenvalue weighted by molar-refractivity contribution is 0.568. The average Bonchev–Trinajstić information content (AvgIpc) is 2.69. The van der Waals surface area contributed by atoms with Crippen LogP contribution in [0.3, 0.4) is 0 Å². The third-order valence-corrected chi connectivity index (χ3v) is 7.92. The number of hydrogen-bond acceptors (Lipinski definition) is 5. The molecular weight excluding hydrogens is 415 g/mol. The van der Waals surface area contributed by atoms with Crippen LogP contribution in [-0.4, -0.2) is 28.4 Å². The van der Waals surface area contributed by atoms with Crippen LogP contribution in [0.1, 0.15) is 16.4 Å². The maximum atomic E-state index is 13.2. The predicted molar refractivity (Wildman–Crippen MR) is 107 cm³/mol. The van der Waals surface area contributed by atoms with Crippen molar-refractivity contribution in [3.8, 4) is 0 Å². The highest BCUT2D eigenvalue weighted by Crippen LogP contribution is 2.28. The molecule has 6 nitrogen and oxygen atoms in total. The molecule has 0 amide bonds. The Morgan fingerprint density at radius 2 is 1.55 bits per heavy atom. The van der Waals surface area contributed by atoms with Crippen molar-refractivity contribution in [2.45, 2.75) is 22.0 Å². The summed E-state index contributed by atoms with van der Waals surface area (Å²) < 4.78 is 67.0. The number of aromatic nitrogens is 1. The van der Waals surface area contributed by atoms with Crippen molar-refractivity contribution in [2.24, 2.45) is 0 Å². The summed E-state index contributed by atoms with van der Waals surface area (Å²) in [7, 11) is -7.94. The Kier molecular flexibility index (Phi) is 6.11. The third kappa shape index (κ3) is 4.87. The molecular formula is C20H19FN2O4S2. The fourth-order valence-electron chi connectivity index (χ4n) is 2.75. The molecule has 1 N–H and O–H groups in total. The van der Waals surface area contributed by atoms with Crippen LogP contribution >= 0.6 is 0 Å². The molecule has 1 aromatic heterocycles. The molecule has 9 heteroatoms. The maximum Gasteiger partial charge on any atom is 0.240 e. The van der Waals surface area contributed by atoms with Gasteiger partial charge in [0, 0.05) is 18.9 Å². The van der Waals surface area contributed by atoms with E-state index in [1.54, 1.807) is 24.3 Å². The van der Waals surface area contributed by atoms with Crippen molar-refractivity contribution in [3.05, 3.63) is 90.0 Å². The van der Waals surface area contributed by atoms with Gasteiger partial charge in [0.2, 0.25) is 10.0 Å². The van der Waals surface area contributed by atoms with E-state index in [1.165, 1.54) is 24.5 Å². The van der Waals surface area contributed by atoms with E-state index in [0.29, 0.717) is 5.56 Å². The molecule has 3 rings (SSSR count). The molecule has 152 valence electrons. The van der Waals surface area contributed by atoms with Gasteiger partial charge in [-0.2, -0.15) is 0 Å². The number of nitrogens with zero attached hydrogens (tertiary/aromatic N) is 1. The van der Waals surface area contributed by atoms with Gasteiger partial charge < -0.3 is 0 Å². The van der Waals surface area contributed by atoms with Gasteiger partial charge in [-0.15, -0.1) is 0 Å². The molecule has 1 atom stereocenters. The summed E-state index contributed by atoms with van der Waals surface area (Å²) in [4.78, 5) is 3.88. The van der Waals surface area contributed by atoms with Crippen LogP contribution in [0.15, 0.2) is 82.8 Å². The molecule has 0 bridgehead atoms. The standard InChI is InChI=1S/C20H19FN2O4S2/c1-15-4-8-18(9-5-15)28(24,25)20(16-3-2-12-22-13-16)14-23-29(26,27)19-10-6-17(21)7-11-19/h2-13,20,23H,14H2,1H3/t20-/m1/s1. The van der Waals surface area contributed by atoms with E-state index < -0.39 is 37.5 Å². The Morgan fingerprint density at radius 1 is 0.931 bits per heavy atom. The lowest BCUT2D eigenvalue weighted by Crippen LogP contribution is -2.32. The van der Waals surface area contributed by atoms with E-state index in [9.17, 15) is 21.2 Å². The topological polar surface area (TPSA) is 93.2 Å². The highest BCUT2D eigenvalue weighted by molar-refractivity contribution is 7.92. The van der Waals surface area contributed by atoms with Gasteiger partial charge >= 0.3 is 0 Å². The highest BCUT2D eigenvalue weighted by Gasteiger charge is 2.31. The zero-order valence-electron chi connectivity index (χ0n) is 15.5. The molecule has 29 heavy (non-hydrogen) atoms. The van der Waals surface area contributed by atoms with Gasteiger partial charge in [0.15, 0.2) is 9.84 Å². The van der Waals surface area contributed by atoms with Crippen molar-refractivity contribution in [2.75, 3.05) is 6.54 Å². The lowest BCUT2D eigenvalue weighted by atomic mass is 10.2. The molecule has 0 aliphatic rings. The fourth-order valence-corrected chi connectivity index (χ4v) is 5.54. The molecule has 0 saturated carbocycles. The van der Waals surface area contributed by atoms with E-state index in [2.05, 4.69) is 9.71 Å². The van der Waals surface area contributed by atoms with Crippen LogP contribution in [0.25, 0.3) is 0 Å². The number of aryl methyl sites for hydroxylation is 1. The molecule has 0 aliphatic heterocycles. The van der Waals surface area contributed by atoms with Gasteiger partial charge in [-0.1, -0.05) is 23.8 Å². The van der Waals surface area contributed by atoms with Crippen LogP contribution in [0, 0.1) is 12.7 Å². The first-order chi connectivity index (χ1) is 13.7. The minimum Gasteiger partial charge on any atom is -0.264 e. The van der Waals surface area contributed by atoms with Crippen molar-refractivity contribution in [1.82, 2.24) is 9.71 Å². The number of halogens is 1. The molecule has 0 radical (unpaired) electrons. The lowest BCUT2D eigenvalue weighted by Gasteiger charge is -2.19. The Bertz CT molecular complexity index is 1180. The van der Waals surface area contributed by atoms with Crippen molar-refractivity contribution in [1.29, 1.82) is 0 Å². The summed E-state index contributed by atoms with van der Waals surface area (Å²) >= 11 is 0. The highest BCUT2D eigenvalue weighted by atomic mass is 32.2. The molecule has 0 aliphatic carbocycles. The van der Waals surface area contributed by atoms with Crippen LogP contribution in [0.2, 0.25) is 0 Å². The van der Waals surface area contributed by atoms with E-state index in [1.807, 2.05) is 6.92 Å². The predicted octanol–water partition coefficient (Wildman–Crippen LogP) is 3.02. The van der Waals surface area contributed by atoms with E-state index >= 15 is 0 Å². The summed E-state index contributed by atoms with van der Waals surface area (Å²) in [6.45, 7) is 1.44. The molecule has 0 spiro atoms. The number of sulfonamides is 1. The summed E-state index contributed by atoms with van der Waals surface area (Å²) in [5.41, 5.74) is 1.26. The number of sulfone groups is 1.